The summed E-state index contributed by atoms with van der Waals surface area (Å²) >= 11 is 0. The van der Waals surface area contributed by atoms with Crippen LogP contribution in [0.3, 0.4) is 0 Å². The Bertz CT molecular complexity index is 564. The molecule has 4 nitrogen and oxygen atoms in total. The van der Waals surface area contributed by atoms with Gasteiger partial charge in [-0.05, 0) is 36.9 Å². The molecule has 1 aromatic carbocycles. The lowest BCUT2D eigenvalue weighted by Gasteiger charge is -2.06. The highest BCUT2D eigenvalue weighted by Gasteiger charge is 2.28. The molecule has 2 atom stereocenters. The molecule has 100 valence electrons. The number of fused-ring (bicyclic) bond motifs is 1. The molecule has 0 amide bonds. The average Bonchev–Trinajstić information content (AvgIpc) is 3.05. The molecule has 1 heterocycles. The van der Waals surface area contributed by atoms with E-state index in [9.17, 15) is 0 Å². The Labute approximate surface area is 113 Å². The predicted molar refractivity (Wildman–Crippen MR) is 73.0 cm³/mol. The lowest BCUT2D eigenvalue weighted by molar-refractivity contribution is 0.349. The normalized spacial score (nSPS) is 19.4. The van der Waals surface area contributed by atoms with Crippen molar-refractivity contribution in [1.82, 2.24) is 10.1 Å². The molecule has 0 radical (unpaired) electrons. The Kier molecular flexibility index (Phi) is 3.34. The zero-order chi connectivity index (χ0) is 13.2. The fourth-order valence-electron chi connectivity index (χ4n) is 2.79. The molecule has 19 heavy (non-hydrogen) atoms. The third-order valence-electron chi connectivity index (χ3n) is 3.92. The number of nitrogens with zero attached hydrogens (tertiary/aromatic N) is 2. The van der Waals surface area contributed by atoms with Gasteiger partial charge in [0.1, 0.15) is 0 Å². The van der Waals surface area contributed by atoms with Crippen molar-refractivity contribution in [2.75, 3.05) is 6.54 Å². The van der Waals surface area contributed by atoms with Crippen molar-refractivity contribution in [1.29, 1.82) is 0 Å². The van der Waals surface area contributed by atoms with Gasteiger partial charge in [0.25, 0.3) is 0 Å². The number of aromatic nitrogens is 2. The molecule has 2 unspecified atom stereocenters. The number of nitrogens with two attached hydrogens (primary N) is 1. The van der Waals surface area contributed by atoms with Crippen LogP contribution < -0.4 is 5.73 Å². The summed E-state index contributed by atoms with van der Waals surface area (Å²) in [5, 5.41) is 4.17. The summed E-state index contributed by atoms with van der Waals surface area (Å²) in [4.78, 5) is 4.58. The quantitative estimate of drug-likeness (QED) is 0.914. The molecule has 0 saturated carbocycles. The molecule has 0 fully saturated rings. The van der Waals surface area contributed by atoms with Gasteiger partial charge in [0.15, 0.2) is 5.82 Å². The predicted octanol–water partition coefficient (Wildman–Crippen LogP) is 2.60. The average molecular weight is 257 g/mol. The number of hydrogen-bond donors (Lipinski definition) is 1. The highest BCUT2D eigenvalue weighted by atomic mass is 16.5. The first-order valence-corrected chi connectivity index (χ1v) is 6.91. The van der Waals surface area contributed by atoms with Crippen LogP contribution in [0, 0.1) is 0 Å². The van der Waals surface area contributed by atoms with Crippen molar-refractivity contribution in [3.63, 3.8) is 0 Å². The third kappa shape index (κ3) is 2.28. The summed E-state index contributed by atoms with van der Waals surface area (Å²) in [6.07, 6.45) is 3.05. The maximum atomic E-state index is 5.57. The van der Waals surface area contributed by atoms with E-state index in [4.69, 9.17) is 10.3 Å². The van der Waals surface area contributed by atoms with E-state index in [1.54, 1.807) is 0 Å². The second-order valence-corrected chi connectivity index (χ2v) is 5.26. The van der Waals surface area contributed by atoms with Crippen molar-refractivity contribution >= 4 is 0 Å². The molecule has 0 bridgehead atoms. The van der Waals surface area contributed by atoms with Crippen LogP contribution in [-0.4, -0.2) is 16.7 Å². The van der Waals surface area contributed by atoms with E-state index in [0.29, 0.717) is 18.4 Å². The van der Waals surface area contributed by atoms with E-state index >= 15 is 0 Å². The highest BCUT2D eigenvalue weighted by Crippen LogP contribution is 2.36. The Morgan fingerprint density at radius 2 is 2.26 bits per heavy atom. The molecular formula is C15H19N3O. The van der Waals surface area contributed by atoms with E-state index in [0.717, 1.165) is 25.1 Å². The van der Waals surface area contributed by atoms with Crippen LogP contribution in [0.5, 0.6) is 0 Å². The van der Waals surface area contributed by atoms with Gasteiger partial charge in [-0.25, -0.2) is 0 Å². The molecule has 4 heteroatoms. The van der Waals surface area contributed by atoms with Gasteiger partial charge in [-0.1, -0.05) is 36.3 Å². The van der Waals surface area contributed by atoms with E-state index < -0.39 is 0 Å². The summed E-state index contributed by atoms with van der Waals surface area (Å²) in [6, 6.07) is 8.53. The van der Waals surface area contributed by atoms with Gasteiger partial charge in [0, 0.05) is 11.8 Å². The largest absolute Gasteiger partial charge is 0.339 e. The van der Waals surface area contributed by atoms with Crippen molar-refractivity contribution < 1.29 is 4.52 Å². The number of rotatable bonds is 4. The van der Waals surface area contributed by atoms with Crippen LogP contribution in [0.4, 0.5) is 0 Å². The maximum absolute atomic E-state index is 5.57. The zero-order valence-corrected chi connectivity index (χ0v) is 11.2. The fraction of sp³-hybridized carbons (Fsp3) is 0.467. The van der Waals surface area contributed by atoms with Crippen LogP contribution in [0.25, 0.3) is 0 Å². The molecule has 3 rings (SSSR count). The van der Waals surface area contributed by atoms with Gasteiger partial charge in [0.2, 0.25) is 5.89 Å². The summed E-state index contributed by atoms with van der Waals surface area (Å²) in [7, 11) is 0. The van der Waals surface area contributed by atoms with Gasteiger partial charge in [-0.15, -0.1) is 0 Å². The standard InChI is InChI=1S/C15H19N3O/c1-10(8-9-16)15-17-14(18-19-15)13-7-6-11-4-2-3-5-12(11)13/h2-5,10,13H,6-9,16H2,1H3. The summed E-state index contributed by atoms with van der Waals surface area (Å²) < 4.78 is 5.39. The molecule has 2 aromatic rings. The highest BCUT2D eigenvalue weighted by molar-refractivity contribution is 5.38. The molecule has 1 aromatic heterocycles. The summed E-state index contributed by atoms with van der Waals surface area (Å²) in [5.41, 5.74) is 8.33. The first-order valence-electron chi connectivity index (χ1n) is 6.91. The molecular weight excluding hydrogens is 238 g/mol. The van der Waals surface area contributed by atoms with Crippen molar-refractivity contribution in [3.05, 3.63) is 47.1 Å². The summed E-state index contributed by atoms with van der Waals surface area (Å²) in [6.45, 7) is 2.72. The van der Waals surface area contributed by atoms with Gasteiger partial charge < -0.3 is 10.3 Å². The van der Waals surface area contributed by atoms with Crippen LogP contribution in [-0.2, 0) is 6.42 Å². The fourth-order valence-corrected chi connectivity index (χ4v) is 2.79. The minimum Gasteiger partial charge on any atom is -0.339 e. The molecule has 1 aliphatic carbocycles. The van der Waals surface area contributed by atoms with Gasteiger partial charge in [-0.3, -0.25) is 0 Å². The summed E-state index contributed by atoms with van der Waals surface area (Å²) in [5.74, 6) is 2.07. The number of aryl methyl sites for hydroxylation is 1. The zero-order valence-electron chi connectivity index (χ0n) is 11.2. The third-order valence-corrected chi connectivity index (χ3v) is 3.92. The molecule has 0 spiro atoms. The Morgan fingerprint density at radius 1 is 1.42 bits per heavy atom. The Hall–Kier alpha value is -1.68. The first kappa shape index (κ1) is 12.4. The lowest BCUT2D eigenvalue weighted by Crippen LogP contribution is -2.05. The number of hydrogen-bond acceptors (Lipinski definition) is 4. The van der Waals surface area contributed by atoms with E-state index in [1.807, 2.05) is 0 Å². The molecule has 0 aliphatic heterocycles. The van der Waals surface area contributed by atoms with Crippen molar-refractivity contribution in [2.45, 2.75) is 38.0 Å². The van der Waals surface area contributed by atoms with Gasteiger partial charge in [-0.2, -0.15) is 4.98 Å². The monoisotopic (exact) mass is 257 g/mol. The van der Waals surface area contributed by atoms with Crippen molar-refractivity contribution in [3.8, 4) is 0 Å². The smallest absolute Gasteiger partial charge is 0.229 e. The molecule has 1 aliphatic rings. The Morgan fingerprint density at radius 3 is 3.11 bits per heavy atom. The van der Waals surface area contributed by atoms with Crippen LogP contribution in [0.2, 0.25) is 0 Å². The lowest BCUT2D eigenvalue weighted by atomic mass is 10.0. The maximum Gasteiger partial charge on any atom is 0.229 e. The van der Waals surface area contributed by atoms with Crippen molar-refractivity contribution in [2.24, 2.45) is 5.73 Å². The second-order valence-electron chi connectivity index (χ2n) is 5.26. The molecule has 0 saturated heterocycles. The first-order chi connectivity index (χ1) is 9.29. The number of benzene rings is 1. The van der Waals surface area contributed by atoms with Crippen LogP contribution in [0.1, 0.15) is 54.4 Å². The van der Waals surface area contributed by atoms with E-state index in [1.165, 1.54) is 11.1 Å². The van der Waals surface area contributed by atoms with E-state index in [2.05, 4.69) is 41.3 Å². The van der Waals surface area contributed by atoms with Crippen LogP contribution >= 0.6 is 0 Å². The van der Waals surface area contributed by atoms with Crippen LogP contribution in [0.15, 0.2) is 28.8 Å². The minimum atomic E-state index is 0.239. The SMILES string of the molecule is CC(CCN)c1nc(C2CCc3ccccc32)no1. The Balaban J connectivity index is 1.85. The second kappa shape index (κ2) is 5.13. The van der Waals surface area contributed by atoms with Gasteiger partial charge >= 0.3 is 0 Å². The topological polar surface area (TPSA) is 64.9 Å². The molecule has 2 N–H and O–H groups in total. The minimum absolute atomic E-state index is 0.239. The van der Waals surface area contributed by atoms with Gasteiger partial charge in [0.05, 0.1) is 0 Å². The van der Waals surface area contributed by atoms with E-state index in [-0.39, 0.29) is 5.92 Å².